The van der Waals surface area contributed by atoms with E-state index in [0.29, 0.717) is 5.56 Å². The number of carbonyl (C=O) groups excluding carboxylic acids is 1. The number of esters is 1. The van der Waals surface area contributed by atoms with E-state index >= 15 is 0 Å². The largest absolute Gasteiger partial charge is 0.504 e. The van der Waals surface area contributed by atoms with Crippen LogP contribution in [0.1, 0.15) is 24.2 Å². The van der Waals surface area contributed by atoms with Crippen molar-refractivity contribution >= 4 is 12.0 Å². The highest BCUT2D eigenvalue weighted by Gasteiger charge is 2.52. The van der Waals surface area contributed by atoms with Crippen molar-refractivity contribution in [3.8, 4) is 23.0 Å². The zero-order valence-corrected chi connectivity index (χ0v) is 23.8. The van der Waals surface area contributed by atoms with E-state index in [4.69, 9.17) is 23.7 Å². The molecular weight excluding hydrogens is 604 g/mol. The molecule has 2 heterocycles. The summed E-state index contributed by atoms with van der Waals surface area (Å²) < 4.78 is 28.0. The Kier molecular flexibility index (Phi) is 11.2. The van der Waals surface area contributed by atoms with Crippen molar-refractivity contribution in [1.29, 1.82) is 0 Å². The number of hydrogen-bond donors (Lipinski definition) is 10. The number of aliphatic hydroxyl groups is 6. The molecule has 248 valence electrons. The summed E-state index contributed by atoms with van der Waals surface area (Å²) in [5.74, 6) is -2.75. The van der Waals surface area contributed by atoms with Gasteiger partial charge < -0.3 is 74.7 Å². The number of hydrogen-bond acceptors (Lipinski definition) is 16. The number of rotatable bonds is 10. The highest BCUT2D eigenvalue weighted by atomic mass is 16.8. The first kappa shape index (κ1) is 34.3. The molecule has 16 heteroatoms. The van der Waals surface area contributed by atoms with Gasteiger partial charge in [-0.3, -0.25) is 0 Å². The summed E-state index contributed by atoms with van der Waals surface area (Å²) in [6.45, 7) is 0.0575. The van der Waals surface area contributed by atoms with E-state index in [-0.39, 0.29) is 11.3 Å². The van der Waals surface area contributed by atoms with Crippen LogP contribution in [0.4, 0.5) is 0 Å². The molecule has 10 N–H and O–H groups in total. The van der Waals surface area contributed by atoms with Gasteiger partial charge in [0.05, 0.1) is 19.3 Å². The Hall–Kier alpha value is -3.55. The van der Waals surface area contributed by atoms with Gasteiger partial charge >= 0.3 is 5.97 Å². The Morgan fingerprint density at radius 1 is 0.844 bits per heavy atom. The average Bonchev–Trinajstić information content (AvgIpc) is 3.01. The topological polar surface area (TPSA) is 266 Å². The Morgan fingerprint density at radius 2 is 1.51 bits per heavy atom. The van der Waals surface area contributed by atoms with Crippen LogP contribution in [-0.2, 0) is 28.5 Å². The lowest BCUT2D eigenvalue weighted by molar-refractivity contribution is -0.366. The summed E-state index contributed by atoms with van der Waals surface area (Å²) in [7, 11) is 0. The van der Waals surface area contributed by atoms with Gasteiger partial charge in [-0.05, 0) is 48.4 Å². The fourth-order valence-electron chi connectivity index (χ4n) is 4.76. The van der Waals surface area contributed by atoms with Crippen molar-refractivity contribution in [2.45, 2.75) is 74.4 Å². The zero-order chi connectivity index (χ0) is 33.0. The summed E-state index contributed by atoms with van der Waals surface area (Å²) in [4.78, 5) is 12.7. The van der Waals surface area contributed by atoms with Crippen molar-refractivity contribution < 1.29 is 79.5 Å². The average molecular weight is 641 g/mol. The van der Waals surface area contributed by atoms with E-state index in [0.717, 1.165) is 18.2 Å². The van der Waals surface area contributed by atoms with Crippen molar-refractivity contribution in [2.75, 3.05) is 13.2 Å². The minimum absolute atomic E-state index is 0.135. The number of benzene rings is 2. The van der Waals surface area contributed by atoms with Gasteiger partial charge in [-0.15, -0.1) is 0 Å². The maximum atomic E-state index is 12.7. The Balaban J connectivity index is 1.54. The molecule has 2 aliphatic heterocycles. The van der Waals surface area contributed by atoms with Gasteiger partial charge in [-0.25, -0.2) is 4.79 Å². The molecule has 16 nitrogen and oxygen atoms in total. The number of phenols is 4. The molecular formula is C29H36O16. The van der Waals surface area contributed by atoms with E-state index in [1.807, 2.05) is 0 Å². The summed E-state index contributed by atoms with van der Waals surface area (Å²) in [5.41, 5.74) is 0.449. The molecule has 45 heavy (non-hydrogen) atoms. The van der Waals surface area contributed by atoms with Gasteiger partial charge in [0.25, 0.3) is 0 Å². The van der Waals surface area contributed by atoms with E-state index in [1.54, 1.807) is 0 Å². The van der Waals surface area contributed by atoms with Gasteiger partial charge in [0.2, 0.25) is 0 Å². The molecule has 0 amide bonds. The van der Waals surface area contributed by atoms with Crippen LogP contribution in [-0.4, -0.2) is 132 Å². The van der Waals surface area contributed by atoms with E-state index in [9.17, 15) is 55.9 Å². The lowest BCUT2D eigenvalue weighted by Gasteiger charge is -2.46. The Labute approximate surface area is 256 Å². The fourth-order valence-corrected chi connectivity index (χ4v) is 4.76. The molecule has 0 aromatic heterocycles. The fraction of sp³-hybridized carbons (Fsp3) is 0.483. The maximum Gasteiger partial charge on any atom is 0.331 e. The first-order chi connectivity index (χ1) is 21.3. The molecule has 0 radical (unpaired) electrons. The van der Waals surface area contributed by atoms with Crippen LogP contribution in [0, 0.1) is 0 Å². The number of aliphatic hydroxyl groups excluding tert-OH is 6. The summed E-state index contributed by atoms with van der Waals surface area (Å²) in [6.07, 6.45) is -15.0. The second kappa shape index (κ2) is 14.7. The minimum Gasteiger partial charge on any atom is -0.504 e. The quantitative estimate of drug-likeness (QED) is 0.0802. The lowest BCUT2D eigenvalue weighted by Crippen LogP contribution is -2.64. The normalized spacial score (nSPS) is 32.8. The van der Waals surface area contributed by atoms with Crippen LogP contribution in [0.2, 0.25) is 0 Å². The Morgan fingerprint density at radius 3 is 2.16 bits per heavy atom. The third kappa shape index (κ3) is 8.00. The molecule has 2 fully saturated rings. The predicted octanol–water partition coefficient (Wildman–Crippen LogP) is -1.53. The van der Waals surface area contributed by atoms with Crippen molar-refractivity contribution in [1.82, 2.24) is 0 Å². The minimum atomic E-state index is -1.83. The third-order valence-corrected chi connectivity index (χ3v) is 7.36. The Bertz CT molecular complexity index is 1340. The highest BCUT2D eigenvalue weighted by molar-refractivity contribution is 5.87. The van der Waals surface area contributed by atoms with Crippen LogP contribution >= 0.6 is 0 Å². The molecule has 0 aliphatic carbocycles. The number of carbonyl (C=O) groups is 1. The number of aromatic hydroxyl groups is 4. The molecule has 0 bridgehead atoms. The molecule has 4 rings (SSSR count). The molecule has 2 aromatic carbocycles. The van der Waals surface area contributed by atoms with Crippen molar-refractivity contribution in [2.24, 2.45) is 0 Å². The van der Waals surface area contributed by atoms with E-state index in [2.05, 4.69) is 0 Å². The molecule has 0 unspecified atom stereocenters. The van der Waals surface area contributed by atoms with Gasteiger partial charge in [0.15, 0.2) is 41.7 Å². The maximum absolute atomic E-state index is 12.7. The van der Waals surface area contributed by atoms with Gasteiger partial charge in [0, 0.05) is 6.08 Å². The molecule has 0 saturated carbocycles. The van der Waals surface area contributed by atoms with Crippen LogP contribution in [0.25, 0.3) is 6.08 Å². The monoisotopic (exact) mass is 640 g/mol. The number of phenolic OH excluding ortho intramolecular Hbond substituents is 4. The summed E-state index contributed by atoms with van der Waals surface area (Å²) in [6, 6.07) is 7.32. The first-order valence-corrected chi connectivity index (χ1v) is 13.8. The van der Waals surface area contributed by atoms with Crippen LogP contribution in [0.5, 0.6) is 23.0 Å². The molecule has 2 aliphatic rings. The van der Waals surface area contributed by atoms with Gasteiger partial charge in [-0.2, -0.15) is 0 Å². The van der Waals surface area contributed by atoms with E-state index in [1.165, 1.54) is 37.3 Å². The smallest absolute Gasteiger partial charge is 0.331 e. The van der Waals surface area contributed by atoms with Crippen molar-refractivity contribution in [3.05, 3.63) is 53.6 Å². The molecule has 0 spiro atoms. The van der Waals surface area contributed by atoms with E-state index < -0.39 is 104 Å². The summed E-state index contributed by atoms with van der Waals surface area (Å²) >= 11 is 0. The first-order valence-electron chi connectivity index (χ1n) is 13.8. The second-order valence-corrected chi connectivity index (χ2v) is 10.6. The second-order valence-electron chi connectivity index (χ2n) is 10.6. The standard InChI is InChI=1S/C29H36O16/c1-12-22(37)23(38)24(39)28(42-12)45-27-25(40)26(44-21(36)7-3-13-2-5-15(31)17(33)8-13)20(10-30)43-29(27)41-11-19(35)14-4-6-16(32)18(34)9-14/h2-9,12,19-20,22-35,37-40H,10-11H2,1H3/t12-,19+,20-,22+,23-,24-,25+,26-,27+,28-,29-/m1/s1. The lowest BCUT2D eigenvalue weighted by atomic mass is 9.97. The third-order valence-electron chi connectivity index (χ3n) is 7.36. The zero-order valence-electron chi connectivity index (χ0n) is 23.8. The molecule has 2 saturated heterocycles. The van der Waals surface area contributed by atoms with Gasteiger partial charge in [-0.1, -0.05) is 12.1 Å². The SMILES string of the molecule is C[C@H]1O[C@H](O[C@@H]2[C@H](OC[C@H](O)c3ccc(O)c(O)c3)O[C@H](CO)[C@@H](OC(=O)C=Cc3ccc(O)c(O)c3)[C@@H]2O)[C@H](O)[C@H](O)[C@H]1O. The predicted molar refractivity (Wildman–Crippen MR) is 148 cm³/mol. The molecule has 2 aromatic rings. The number of ether oxygens (including phenoxy) is 5. The van der Waals surface area contributed by atoms with Crippen LogP contribution < -0.4 is 0 Å². The van der Waals surface area contributed by atoms with Gasteiger partial charge in [0.1, 0.15) is 42.7 Å². The van der Waals surface area contributed by atoms with Crippen LogP contribution in [0.3, 0.4) is 0 Å². The van der Waals surface area contributed by atoms with Crippen LogP contribution in [0.15, 0.2) is 42.5 Å². The highest BCUT2D eigenvalue weighted by Crippen LogP contribution is 2.33. The van der Waals surface area contributed by atoms with Crippen molar-refractivity contribution in [3.63, 3.8) is 0 Å². The summed E-state index contributed by atoms with van der Waals surface area (Å²) in [5, 5.41) is 101. The molecule has 11 atom stereocenters.